The Labute approximate surface area is 166 Å². The van der Waals surface area contributed by atoms with Gasteiger partial charge in [0, 0.05) is 12.3 Å². The average Bonchev–Trinajstić information content (AvgIpc) is 2.49. The maximum atomic E-state index is 13.3. The van der Waals surface area contributed by atoms with Crippen LogP contribution in [0.25, 0.3) is 0 Å². The number of hydrogen-bond acceptors (Lipinski definition) is 3. The molecule has 1 rings (SSSR count). The van der Waals surface area contributed by atoms with E-state index >= 15 is 0 Å². The lowest BCUT2D eigenvalue weighted by Gasteiger charge is -2.35. The highest BCUT2D eigenvalue weighted by Gasteiger charge is 2.40. The fraction of sp³-hybridized carbons (Fsp3) is 0.696. The number of amides is 1. The zero-order valence-electron chi connectivity index (χ0n) is 18.7. The largest absolute Gasteiger partial charge is 0.490 e. The van der Waals surface area contributed by atoms with E-state index in [4.69, 9.17) is 9.47 Å². The number of ether oxygens (including phenoxy) is 2. The molecule has 0 aliphatic carbocycles. The fourth-order valence-electron chi connectivity index (χ4n) is 3.74. The van der Waals surface area contributed by atoms with E-state index in [-0.39, 0.29) is 12.0 Å². The van der Waals surface area contributed by atoms with Gasteiger partial charge in [-0.1, -0.05) is 27.7 Å². The van der Waals surface area contributed by atoms with Crippen molar-refractivity contribution >= 4 is 11.6 Å². The molecule has 154 valence electrons. The van der Waals surface area contributed by atoms with Gasteiger partial charge in [-0.3, -0.25) is 4.79 Å². The molecule has 1 aromatic carbocycles. The van der Waals surface area contributed by atoms with Crippen LogP contribution in [0.5, 0.6) is 5.75 Å². The Kier molecular flexibility index (Phi) is 8.80. The van der Waals surface area contributed by atoms with Crippen LogP contribution in [0.15, 0.2) is 12.1 Å². The van der Waals surface area contributed by atoms with Crippen molar-refractivity contribution in [2.75, 3.05) is 11.9 Å². The molecule has 0 atom stereocenters. The summed E-state index contributed by atoms with van der Waals surface area (Å²) in [5.74, 6) is 1.57. The second-order valence-corrected chi connectivity index (χ2v) is 8.68. The molecule has 0 heterocycles. The van der Waals surface area contributed by atoms with Crippen LogP contribution in [-0.4, -0.2) is 24.2 Å². The molecule has 0 radical (unpaired) electrons. The smallest absolute Gasteiger partial charge is 0.256 e. The molecule has 0 spiro atoms. The molecule has 0 bridgehead atoms. The zero-order valence-corrected chi connectivity index (χ0v) is 18.7. The number of anilines is 1. The van der Waals surface area contributed by atoms with E-state index in [0.717, 1.165) is 22.6 Å². The molecular weight excluding hydrogens is 338 g/mol. The highest BCUT2D eigenvalue weighted by atomic mass is 16.5. The summed E-state index contributed by atoms with van der Waals surface area (Å²) in [5.41, 5.74) is 2.04. The molecule has 1 amide bonds. The Hall–Kier alpha value is -1.55. The minimum Gasteiger partial charge on any atom is -0.490 e. The Bertz CT molecular complexity index is 587. The van der Waals surface area contributed by atoms with E-state index in [9.17, 15) is 4.79 Å². The van der Waals surface area contributed by atoms with Crippen molar-refractivity contribution in [3.8, 4) is 5.75 Å². The highest BCUT2D eigenvalue weighted by molar-refractivity contribution is 5.97. The summed E-state index contributed by atoms with van der Waals surface area (Å²) < 4.78 is 12.0. The second-order valence-electron chi connectivity index (χ2n) is 8.68. The third kappa shape index (κ3) is 6.84. The van der Waals surface area contributed by atoms with E-state index in [1.54, 1.807) is 0 Å². The molecule has 1 N–H and O–H groups in total. The molecule has 0 unspecified atom stereocenters. The van der Waals surface area contributed by atoms with Crippen LogP contribution in [0.4, 0.5) is 5.69 Å². The van der Waals surface area contributed by atoms with Gasteiger partial charge in [-0.2, -0.15) is 0 Å². The minimum atomic E-state index is -0.800. The van der Waals surface area contributed by atoms with Gasteiger partial charge in [-0.15, -0.1) is 0 Å². The molecule has 0 fully saturated rings. The topological polar surface area (TPSA) is 47.6 Å². The van der Waals surface area contributed by atoms with Crippen LogP contribution in [0.2, 0.25) is 0 Å². The van der Waals surface area contributed by atoms with Gasteiger partial charge in [0.1, 0.15) is 11.4 Å². The molecule has 0 aliphatic heterocycles. The number of benzene rings is 1. The third-order valence-electron chi connectivity index (χ3n) is 4.38. The number of hydrogen-bond donors (Lipinski definition) is 1. The fourth-order valence-corrected chi connectivity index (χ4v) is 3.74. The Balaban J connectivity index is 3.17. The van der Waals surface area contributed by atoms with Gasteiger partial charge in [0.25, 0.3) is 5.91 Å². The Morgan fingerprint density at radius 2 is 1.48 bits per heavy atom. The summed E-state index contributed by atoms with van der Waals surface area (Å²) in [5, 5.41) is 3.12. The van der Waals surface area contributed by atoms with Crippen molar-refractivity contribution in [1.29, 1.82) is 0 Å². The van der Waals surface area contributed by atoms with Crippen LogP contribution < -0.4 is 10.1 Å². The summed E-state index contributed by atoms with van der Waals surface area (Å²) >= 11 is 0. The molecular formula is C23H39NO3. The van der Waals surface area contributed by atoms with Crippen molar-refractivity contribution in [3.05, 3.63) is 23.3 Å². The van der Waals surface area contributed by atoms with E-state index in [1.807, 2.05) is 46.8 Å². The SMILES string of the molecule is CCOC(CC(C)C)(CC(C)C)C(=O)Nc1cc(C)c(OC(C)C)c(C)c1. The first-order valence-corrected chi connectivity index (χ1v) is 10.2. The molecule has 27 heavy (non-hydrogen) atoms. The Morgan fingerprint density at radius 1 is 1.00 bits per heavy atom. The van der Waals surface area contributed by atoms with Gasteiger partial charge in [0.05, 0.1) is 6.10 Å². The van der Waals surface area contributed by atoms with Crippen LogP contribution in [0.3, 0.4) is 0 Å². The lowest BCUT2D eigenvalue weighted by Crippen LogP contribution is -2.47. The number of carbonyl (C=O) groups is 1. The first-order chi connectivity index (χ1) is 12.5. The average molecular weight is 378 g/mol. The van der Waals surface area contributed by atoms with Crippen LogP contribution in [0, 0.1) is 25.7 Å². The van der Waals surface area contributed by atoms with Crippen molar-refractivity contribution in [2.24, 2.45) is 11.8 Å². The van der Waals surface area contributed by atoms with Gasteiger partial charge >= 0.3 is 0 Å². The van der Waals surface area contributed by atoms with E-state index in [1.165, 1.54) is 0 Å². The number of rotatable bonds is 10. The standard InChI is InChI=1S/C23H39NO3/c1-10-26-23(13-15(2)3,14-16(4)5)22(25)24-20-11-18(8)21(19(9)12-20)27-17(6)7/h11-12,15-17H,10,13-14H2,1-9H3,(H,24,25). The van der Waals surface area contributed by atoms with Gasteiger partial charge in [0.15, 0.2) is 0 Å². The summed E-state index contributed by atoms with van der Waals surface area (Å²) in [4.78, 5) is 13.3. The maximum absolute atomic E-state index is 13.3. The van der Waals surface area contributed by atoms with Crippen LogP contribution in [0.1, 0.15) is 72.4 Å². The minimum absolute atomic E-state index is 0.0527. The normalized spacial score (nSPS) is 12.1. The van der Waals surface area contributed by atoms with Gasteiger partial charge in [-0.25, -0.2) is 0 Å². The van der Waals surface area contributed by atoms with E-state index in [0.29, 0.717) is 31.3 Å². The van der Waals surface area contributed by atoms with E-state index < -0.39 is 5.60 Å². The molecule has 0 aliphatic rings. The maximum Gasteiger partial charge on any atom is 0.256 e. The molecule has 1 aromatic rings. The van der Waals surface area contributed by atoms with Crippen molar-refractivity contribution in [2.45, 2.75) is 86.9 Å². The summed E-state index contributed by atoms with van der Waals surface area (Å²) in [6.07, 6.45) is 1.53. The van der Waals surface area contributed by atoms with Crippen molar-refractivity contribution < 1.29 is 14.3 Å². The second kappa shape index (κ2) is 10.1. The number of carbonyl (C=O) groups excluding carboxylic acids is 1. The van der Waals surface area contributed by atoms with Crippen LogP contribution in [-0.2, 0) is 9.53 Å². The summed E-state index contributed by atoms with van der Waals surface area (Å²) in [6.45, 7) is 19.1. The number of aryl methyl sites for hydroxylation is 2. The first kappa shape index (κ1) is 23.5. The van der Waals surface area contributed by atoms with Gasteiger partial charge in [0.2, 0.25) is 0 Å². The van der Waals surface area contributed by atoms with E-state index in [2.05, 4.69) is 33.0 Å². The molecule has 4 heteroatoms. The molecule has 0 saturated heterocycles. The highest BCUT2D eigenvalue weighted by Crippen LogP contribution is 2.32. The predicted octanol–water partition coefficient (Wildman–Crippen LogP) is 5.90. The monoisotopic (exact) mass is 377 g/mol. The third-order valence-corrected chi connectivity index (χ3v) is 4.38. The van der Waals surface area contributed by atoms with Crippen molar-refractivity contribution in [3.63, 3.8) is 0 Å². The predicted molar refractivity (Wildman–Crippen MR) is 114 cm³/mol. The summed E-state index contributed by atoms with van der Waals surface area (Å²) in [6, 6.07) is 3.95. The number of nitrogens with one attached hydrogen (secondary N) is 1. The molecule has 0 aromatic heterocycles. The first-order valence-electron chi connectivity index (χ1n) is 10.2. The molecule has 4 nitrogen and oxygen atoms in total. The van der Waals surface area contributed by atoms with Crippen LogP contribution >= 0.6 is 0 Å². The van der Waals surface area contributed by atoms with Gasteiger partial charge < -0.3 is 14.8 Å². The van der Waals surface area contributed by atoms with Gasteiger partial charge in [-0.05, 0) is 82.6 Å². The van der Waals surface area contributed by atoms with Crippen molar-refractivity contribution in [1.82, 2.24) is 0 Å². The Morgan fingerprint density at radius 3 is 1.85 bits per heavy atom. The summed E-state index contributed by atoms with van der Waals surface area (Å²) in [7, 11) is 0. The lowest BCUT2D eigenvalue weighted by atomic mass is 9.83. The molecule has 0 saturated carbocycles. The quantitative estimate of drug-likeness (QED) is 0.552. The lowest BCUT2D eigenvalue weighted by molar-refractivity contribution is -0.146. The zero-order chi connectivity index (χ0) is 20.8.